The Morgan fingerprint density at radius 2 is 1.81 bits per heavy atom. The predicted molar refractivity (Wildman–Crippen MR) is 72.8 cm³/mol. The fraction of sp³-hybridized carbons (Fsp3) is 0.200. The van der Waals surface area contributed by atoms with Gasteiger partial charge in [0.15, 0.2) is 11.6 Å². The van der Waals surface area contributed by atoms with Crippen molar-refractivity contribution in [1.82, 2.24) is 0 Å². The van der Waals surface area contributed by atoms with Crippen LogP contribution in [0.5, 0.6) is 5.75 Å². The Morgan fingerprint density at radius 3 is 2.52 bits per heavy atom. The quantitative estimate of drug-likeness (QED) is 0.832. The van der Waals surface area contributed by atoms with Crippen molar-refractivity contribution in [2.24, 2.45) is 0 Å². The minimum absolute atomic E-state index is 0.0604. The molecule has 0 saturated heterocycles. The van der Waals surface area contributed by atoms with Gasteiger partial charge in [-0.1, -0.05) is 12.1 Å². The third kappa shape index (κ3) is 3.66. The minimum Gasteiger partial charge on any atom is -0.497 e. The van der Waals surface area contributed by atoms with Crippen molar-refractivity contribution in [3.63, 3.8) is 0 Å². The van der Waals surface area contributed by atoms with Crippen LogP contribution in [0.25, 0.3) is 0 Å². The van der Waals surface area contributed by atoms with Gasteiger partial charge in [0.05, 0.1) is 18.9 Å². The number of hydrogen-bond donors (Lipinski definition) is 2. The zero-order valence-electron chi connectivity index (χ0n) is 11.2. The monoisotopic (exact) mass is 297 g/mol. The number of methoxy groups -OCH3 is 1. The van der Waals surface area contributed by atoms with Crippen molar-refractivity contribution < 1.29 is 23.0 Å². The minimum atomic E-state index is -1.26. The van der Waals surface area contributed by atoms with Crippen LogP contribution in [0.3, 0.4) is 0 Å². The molecular formula is C15H14F3NO2. The smallest absolute Gasteiger partial charge is 0.161 e. The first-order valence-corrected chi connectivity index (χ1v) is 6.21. The first-order chi connectivity index (χ1) is 10.0. The van der Waals surface area contributed by atoms with Gasteiger partial charge in [0.1, 0.15) is 11.6 Å². The maximum atomic E-state index is 13.4. The van der Waals surface area contributed by atoms with Crippen LogP contribution in [-0.2, 0) is 0 Å². The van der Waals surface area contributed by atoms with E-state index in [1.54, 1.807) is 24.3 Å². The molecule has 0 spiro atoms. The molecule has 0 aliphatic rings. The lowest BCUT2D eigenvalue weighted by molar-refractivity contribution is 0.191. The summed E-state index contributed by atoms with van der Waals surface area (Å²) in [5, 5.41) is 12.6. The molecule has 0 aliphatic carbocycles. The Morgan fingerprint density at radius 1 is 1.10 bits per heavy atom. The predicted octanol–water partition coefficient (Wildman–Crippen LogP) is 3.26. The van der Waals surface area contributed by atoms with E-state index >= 15 is 0 Å². The van der Waals surface area contributed by atoms with Crippen LogP contribution >= 0.6 is 0 Å². The third-order valence-corrected chi connectivity index (χ3v) is 2.97. The summed E-state index contributed by atoms with van der Waals surface area (Å²) >= 11 is 0. The summed E-state index contributed by atoms with van der Waals surface area (Å²) in [7, 11) is 1.50. The number of benzene rings is 2. The summed E-state index contributed by atoms with van der Waals surface area (Å²) in [5.74, 6) is -2.77. The van der Waals surface area contributed by atoms with Gasteiger partial charge in [0.2, 0.25) is 0 Å². The second-order valence-electron chi connectivity index (χ2n) is 4.42. The highest BCUT2D eigenvalue weighted by molar-refractivity contribution is 5.45. The summed E-state index contributed by atoms with van der Waals surface area (Å²) in [6, 6.07) is 7.90. The Labute approximate surface area is 120 Å². The molecule has 0 fully saturated rings. The first kappa shape index (κ1) is 15.2. The zero-order chi connectivity index (χ0) is 15.4. The molecule has 1 atom stereocenters. The molecule has 6 heteroatoms. The van der Waals surface area contributed by atoms with Crippen LogP contribution in [0, 0.1) is 17.5 Å². The van der Waals surface area contributed by atoms with E-state index in [1.165, 1.54) is 7.11 Å². The van der Waals surface area contributed by atoms with E-state index in [4.69, 9.17) is 4.74 Å². The molecule has 1 unspecified atom stereocenters. The van der Waals surface area contributed by atoms with E-state index in [9.17, 15) is 18.3 Å². The molecule has 0 amide bonds. The van der Waals surface area contributed by atoms with Gasteiger partial charge in [0.25, 0.3) is 0 Å². The maximum Gasteiger partial charge on any atom is 0.161 e. The molecule has 3 nitrogen and oxygen atoms in total. The number of aliphatic hydroxyl groups is 1. The molecule has 2 aromatic rings. The number of nitrogens with one attached hydrogen (secondary N) is 1. The fourth-order valence-electron chi connectivity index (χ4n) is 1.83. The Kier molecular flexibility index (Phi) is 4.70. The lowest BCUT2D eigenvalue weighted by Crippen LogP contribution is -2.13. The molecule has 2 rings (SSSR count). The number of halogens is 3. The van der Waals surface area contributed by atoms with Crippen molar-refractivity contribution in [3.8, 4) is 5.75 Å². The average Bonchev–Trinajstić information content (AvgIpc) is 2.49. The van der Waals surface area contributed by atoms with Gasteiger partial charge in [-0.3, -0.25) is 0 Å². The van der Waals surface area contributed by atoms with E-state index in [0.29, 0.717) is 23.4 Å². The summed E-state index contributed by atoms with van der Waals surface area (Å²) in [4.78, 5) is 0. The van der Waals surface area contributed by atoms with Crippen molar-refractivity contribution in [3.05, 3.63) is 59.4 Å². The van der Waals surface area contributed by atoms with E-state index in [0.717, 1.165) is 0 Å². The van der Waals surface area contributed by atoms with Crippen LogP contribution in [0.2, 0.25) is 0 Å². The summed E-state index contributed by atoms with van der Waals surface area (Å²) < 4.78 is 44.3. The van der Waals surface area contributed by atoms with Gasteiger partial charge in [-0.15, -0.1) is 0 Å². The molecule has 0 aromatic heterocycles. The standard InChI is InChI=1S/C15H14F3NO2/c1-21-10-4-2-3-9(5-10)15(20)8-19-14-7-12(17)11(16)6-13(14)18/h2-7,15,19-20H,8H2,1H3. The number of rotatable bonds is 5. The normalized spacial score (nSPS) is 12.0. The Balaban J connectivity index is 2.07. The number of aliphatic hydroxyl groups excluding tert-OH is 1. The molecule has 0 heterocycles. The van der Waals surface area contributed by atoms with Crippen molar-refractivity contribution in [2.75, 3.05) is 19.0 Å². The molecule has 2 aromatic carbocycles. The third-order valence-electron chi connectivity index (χ3n) is 2.97. The van der Waals surface area contributed by atoms with Crippen molar-refractivity contribution >= 4 is 5.69 Å². The van der Waals surface area contributed by atoms with Gasteiger partial charge < -0.3 is 15.2 Å². The van der Waals surface area contributed by atoms with E-state index in [-0.39, 0.29) is 12.2 Å². The van der Waals surface area contributed by atoms with Gasteiger partial charge >= 0.3 is 0 Å². The Bertz CT molecular complexity index is 634. The molecule has 0 bridgehead atoms. The highest BCUT2D eigenvalue weighted by Crippen LogP contribution is 2.22. The lowest BCUT2D eigenvalue weighted by Gasteiger charge is -2.14. The lowest BCUT2D eigenvalue weighted by atomic mass is 10.1. The molecule has 0 saturated carbocycles. The SMILES string of the molecule is COc1cccc(C(O)CNc2cc(F)c(F)cc2F)c1. The largest absolute Gasteiger partial charge is 0.497 e. The van der Waals surface area contributed by atoms with Gasteiger partial charge in [-0.25, -0.2) is 13.2 Å². The average molecular weight is 297 g/mol. The second-order valence-corrected chi connectivity index (χ2v) is 4.42. The van der Waals surface area contributed by atoms with Gasteiger partial charge in [0, 0.05) is 18.7 Å². The molecule has 0 radical (unpaired) electrons. The van der Waals surface area contributed by atoms with Crippen LogP contribution in [0.1, 0.15) is 11.7 Å². The van der Waals surface area contributed by atoms with Gasteiger partial charge in [-0.2, -0.15) is 0 Å². The molecular weight excluding hydrogens is 283 g/mol. The molecule has 112 valence electrons. The van der Waals surface area contributed by atoms with Crippen LogP contribution in [-0.4, -0.2) is 18.8 Å². The summed E-state index contributed by atoms with van der Waals surface area (Å²) in [6.07, 6.45) is -0.951. The van der Waals surface area contributed by atoms with Gasteiger partial charge in [-0.05, 0) is 17.7 Å². The fourth-order valence-corrected chi connectivity index (χ4v) is 1.83. The Hall–Kier alpha value is -2.21. The number of anilines is 1. The topological polar surface area (TPSA) is 41.5 Å². The molecule has 0 aliphatic heterocycles. The van der Waals surface area contributed by atoms with E-state index in [1.807, 2.05) is 0 Å². The number of hydrogen-bond acceptors (Lipinski definition) is 3. The second kappa shape index (κ2) is 6.49. The maximum absolute atomic E-state index is 13.4. The first-order valence-electron chi connectivity index (χ1n) is 6.21. The van der Waals surface area contributed by atoms with Crippen molar-refractivity contribution in [1.29, 1.82) is 0 Å². The van der Waals surface area contributed by atoms with E-state index < -0.39 is 23.6 Å². The number of ether oxygens (including phenoxy) is 1. The van der Waals surface area contributed by atoms with Crippen LogP contribution in [0.15, 0.2) is 36.4 Å². The highest BCUT2D eigenvalue weighted by Gasteiger charge is 2.12. The molecule has 2 N–H and O–H groups in total. The van der Waals surface area contributed by atoms with E-state index in [2.05, 4.69) is 5.32 Å². The molecule has 21 heavy (non-hydrogen) atoms. The summed E-state index contributed by atoms with van der Waals surface area (Å²) in [5.41, 5.74) is 0.348. The van der Waals surface area contributed by atoms with Crippen LogP contribution < -0.4 is 10.1 Å². The van der Waals surface area contributed by atoms with Crippen molar-refractivity contribution in [2.45, 2.75) is 6.10 Å². The highest BCUT2D eigenvalue weighted by atomic mass is 19.2. The summed E-state index contributed by atoms with van der Waals surface area (Å²) in [6.45, 7) is -0.0604. The van der Waals surface area contributed by atoms with Crippen LogP contribution in [0.4, 0.5) is 18.9 Å². The zero-order valence-corrected chi connectivity index (χ0v) is 11.2.